The van der Waals surface area contributed by atoms with Gasteiger partial charge in [0.2, 0.25) is 0 Å². The average molecular weight is 203 g/mol. The van der Waals surface area contributed by atoms with Gasteiger partial charge in [-0.1, -0.05) is 11.6 Å². The number of hydrogen-bond donors (Lipinski definition) is 0. The monoisotopic (exact) mass is 202 g/mol. The van der Waals surface area contributed by atoms with E-state index in [0.717, 1.165) is 10.6 Å². The van der Waals surface area contributed by atoms with E-state index in [0.29, 0.717) is 4.47 Å². The molecule has 0 atom stereocenters. The maximum Gasteiger partial charge on any atom is 0.184 e. The van der Waals surface area contributed by atoms with E-state index in [4.69, 9.17) is 11.6 Å². The van der Waals surface area contributed by atoms with E-state index in [1.807, 2.05) is 5.38 Å². The van der Waals surface area contributed by atoms with Crippen molar-refractivity contribution in [2.75, 3.05) is 0 Å². The third kappa shape index (κ3) is 1.42. The molecule has 0 saturated heterocycles. The molecule has 5 heteroatoms. The number of rotatable bonds is 1. The molecule has 11 heavy (non-hydrogen) atoms. The lowest BCUT2D eigenvalue weighted by atomic mass is 10.4. The zero-order chi connectivity index (χ0) is 7.68. The SMILES string of the molecule is Clc1nc(-c2cncs2)cs1. The molecule has 0 spiro atoms. The summed E-state index contributed by atoms with van der Waals surface area (Å²) in [4.78, 5) is 9.12. The highest BCUT2D eigenvalue weighted by molar-refractivity contribution is 7.15. The average Bonchev–Trinajstić information content (AvgIpc) is 2.55. The zero-order valence-electron chi connectivity index (χ0n) is 5.32. The third-order valence-corrected chi connectivity index (χ3v) is 2.94. The lowest BCUT2D eigenvalue weighted by Gasteiger charge is -1.83. The van der Waals surface area contributed by atoms with Crippen LogP contribution in [0.4, 0.5) is 0 Å². The van der Waals surface area contributed by atoms with E-state index in [9.17, 15) is 0 Å². The van der Waals surface area contributed by atoms with Crippen molar-refractivity contribution in [3.63, 3.8) is 0 Å². The van der Waals surface area contributed by atoms with Crippen LogP contribution >= 0.6 is 34.3 Å². The van der Waals surface area contributed by atoms with E-state index < -0.39 is 0 Å². The van der Waals surface area contributed by atoms with E-state index in [-0.39, 0.29) is 0 Å². The molecule has 0 radical (unpaired) electrons. The molecule has 2 aromatic rings. The van der Waals surface area contributed by atoms with Crippen molar-refractivity contribution in [2.45, 2.75) is 0 Å². The van der Waals surface area contributed by atoms with E-state index in [2.05, 4.69) is 9.97 Å². The lowest BCUT2D eigenvalue weighted by Crippen LogP contribution is -1.68. The minimum Gasteiger partial charge on any atom is -0.252 e. The van der Waals surface area contributed by atoms with Crippen molar-refractivity contribution in [3.05, 3.63) is 21.6 Å². The summed E-state index contributed by atoms with van der Waals surface area (Å²) in [7, 11) is 0. The third-order valence-electron chi connectivity index (χ3n) is 1.16. The van der Waals surface area contributed by atoms with Gasteiger partial charge in [-0.15, -0.1) is 22.7 Å². The molecular weight excluding hydrogens is 200 g/mol. The largest absolute Gasteiger partial charge is 0.252 e. The molecule has 0 aliphatic heterocycles. The fourth-order valence-corrected chi connectivity index (χ4v) is 2.13. The summed E-state index contributed by atoms with van der Waals surface area (Å²) in [6.45, 7) is 0. The molecule has 0 unspecified atom stereocenters. The van der Waals surface area contributed by atoms with Crippen LogP contribution in [0.15, 0.2) is 17.1 Å². The molecule has 2 nitrogen and oxygen atoms in total. The smallest absolute Gasteiger partial charge is 0.184 e. The first-order valence-corrected chi connectivity index (χ1v) is 5.00. The first-order chi connectivity index (χ1) is 5.36. The number of hydrogen-bond acceptors (Lipinski definition) is 4. The Hall–Kier alpha value is -0.450. The minimum atomic E-state index is 0.577. The van der Waals surface area contributed by atoms with Gasteiger partial charge < -0.3 is 0 Å². The van der Waals surface area contributed by atoms with Gasteiger partial charge in [0.25, 0.3) is 0 Å². The van der Waals surface area contributed by atoms with Gasteiger partial charge >= 0.3 is 0 Å². The van der Waals surface area contributed by atoms with Gasteiger partial charge in [-0.2, -0.15) is 0 Å². The Morgan fingerprint density at radius 2 is 2.27 bits per heavy atom. The Bertz CT molecular complexity index is 341. The van der Waals surface area contributed by atoms with Crippen molar-refractivity contribution in [1.82, 2.24) is 9.97 Å². The van der Waals surface area contributed by atoms with Crippen molar-refractivity contribution < 1.29 is 0 Å². The molecule has 0 fully saturated rings. The van der Waals surface area contributed by atoms with Crippen LogP contribution in [0.25, 0.3) is 10.6 Å². The van der Waals surface area contributed by atoms with Gasteiger partial charge in [-0.3, -0.25) is 4.98 Å². The zero-order valence-corrected chi connectivity index (χ0v) is 7.71. The fourth-order valence-electron chi connectivity index (χ4n) is 0.707. The minimum absolute atomic E-state index is 0.577. The molecule has 0 aromatic carbocycles. The molecule has 0 amide bonds. The Balaban J connectivity index is 2.45. The molecule has 0 aliphatic carbocycles. The van der Waals surface area contributed by atoms with Gasteiger partial charge in [0.15, 0.2) is 4.47 Å². The number of halogens is 1. The van der Waals surface area contributed by atoms with Crippen molar-refractivity contribution in [2.24, 2.45) is 0 Å². The maximum absolute atomic E-state index is 5.67. The van der Waals surface area contributed by atoms with Crippen LogP contribution in [-0.2, 0) is 0 Å². The summed E-state index contributed by atoms with van der Waals surface area (Å²) >= 11 is 8.67. The standard InChI is InChI=1S/C6H3ClN2S2/c7-6-9-4(2-10-6)5-1-8-3-11-5/h1-3H. The lowest BCUT2D eigenvalue weighted by molar-refractivity contribution is 1.39. The Kier molecular flexibility index (Phi) is 1.89. The molecule has 0 saturated carbocycles. The number of aromatic nitrogens is 2. The van der Waals surface area contributed by atoms with Gasteiger partial charge in [0.1, 0.15) is 0 Å². The highest BCUT2D eigenvalue weighted by Crippen LogP contribution is 2.26. The first kappa shape index (κ1) is 7.21. The predicted molar refractivity (Wildman–Crippen MR) is 48.2 cm³/mol. The molecule has 2 aromatic heterocycles. The van der Waals surface area contributed by atoms with Crippen LogP contribution in [-0.4, -0.2) is 9.97 Å². The highest BCUT2D eigenvalue weighted by atomic mass is 35.5. The number of thiazole rings is 2. The van der Waals surface area contributed by atoms with Crippen LogP contribution in [0.2, 0.25) is 4.47 Å². The molecule has 0 bridgehead atoms. The molecule has 56 valence electrons. The summed E-state index contributed by atoms with van der Waals surface area (Å²) in [6, 6.07) is 0. The van der Waals surface area contributed by atoms with Crippen molar-refractivity contribution in [1.29, 1.82) is 0 Å². The van der Waals surface area contributed by atoms with E-state index >= 15 is 0 Å². The topological polar surface area (TPSA) is 25.8 Å². The van der Waals surface area contributed by atoms with E-state index in [1.54, 1.807) is 23.0 Å². The van der Waals surface area contributed by atoms with Crippen LogP contribution < -0.4 is 0 Å². The molecular formula is C6H3ClN2S2. The fraction of sp³-hybridized carbons (Fsp3) is 0. The predicted octanol–water partition coefficient (Wildman–Crippen LogP) is 2.92. The summed E-state index contributed by atoms with van der Waals surface area (Å²) in [6.07, 6.45) is 1.79. The number of nitrogens with zero attached hydrogens (tertiary/aromatic N) is 2. The van der Waals surface area contributed by atoms with E-state index in [1.165, 1.54) is 11.3 Å². The van der Waals surface area contributed by atoms with Crippen LogP contribution in [0.5, 0.6) is 0 Å². The van der Waals surface area contributed by atoms with Crippen LogP contribution in [0.1, 0.15) is 0 Å². The van der Waals surface area contributed by atoms with Gasteiger partial charge in [0, 0.05) is 11.6 Å². The second-order valence-electron chi connectivity index (χ2n) is 1.85. The van der Waals surface area contributed by atoms with Crippen molar-refractivity contribution in [3.8, 4) is 10.6 Å². The molecule has 0 N–H and O–H groups in total. The van der Waals surface area contributed by atoms with Crippen LogP contribution in [0.3, 0.4) is 0 Å². The maximum atomic E-state index is 5.67. The molecule has 2 rings (SSSR count). The molecule has 2 heterocycles. The first-order valence-electron chi connectivity index (χ1n) is 2.86. The summed E-state index contributed by atoms with van der Waals surface area (Å²) in [5.41, 5.74) is 2.70. The second-order valence-corrected chi connectivity index (χ2v) is 4.18. The summed E-state index contributed by atoms with van der Waals surface area (Å²) in [5, 5.41) is 1.93. The van der Waals surface area contributed by atoms with Gasteiger partial charge in [-0.25, -0.2) is 4.98 Å². The Morgan fingerprint density at radius 3 is 2.82 bits per heavy atom. The second kappa shape index (κ2) is 2.89. The summed E-state index contributed by atoms with van der Waals surface area (Å²) < 4.78 is 0.577. The summed E-state index contributed by atoms with van der Waals surface area (Å²) in [5.74, 6) is 0. The quantitative estimate of drug-likeness (QED) is 0.711. The van der Waals surface area contributed by atoms with Crippen molar-refractivity contribution >= 4 is 34.3 Å². The Morgan fingerprint density at radius 1 is 1.36 bits per heavy atom. The highest BCUT2D eigenvalue weighted by Gasteiger charge is 2.02. The Labute approximate surface area is 76.5 Å². The molecule has 0 aliphatic rings. The van der Waals surface area contributed by atoms with Gasteiger partial charge in [0.05, 0.1) is 16.1 Å². The van der Waals surface area contributed by atoms with Crippen LogP contribution in [0, 0.1) is 0 Å². The normalized spacial score (nSPS) is 10.3. The van der Waals surface area contributed by atoms with Gasteiger partial charge in [-0.05, 0) is 0 Å².